The first kappa shape index (κ1) is 19.1. The van der Waals surface area contributed by atoms with Crippen molar-refractivity contribution in [3.8, 4) is 0 Å². The molecule has 7 heteroatoms. The van der Waals surface area contributed by atoms with Crippen molar-refractivity contribution < 1.29 is 17.6 Å². The van der Waals surface area contributed by atoms with Crippen LogP contribution in [0.4, 0.5) is 10.1 Å². The highest BCUT2D eigenvalue weighted by atomic mass is 32.2. The van der Waals surface area contributed by atoms with Crippen molar-refractivity contribution in [1.82, 2.24) is 4.72 Å². The number of benzene rings is 2. The Hall–Kier alpha value is -2.25. The quantitative estimate of drug-likeness (QED) is 0.826. The number of sulfonamides is 1. The molecule has 0 aliphatic rings. The zero-order valence-electron chi connectivity index (χ0n) is 14.3. The number of hydrogen-bond acceptors (Lipinski definition) is 3. The van der Waals surface area contributed by atoms with Gasteiger partial charge in [-0.05, 0) is 42.7 Å². The fourth-order valence-corrected chi connectivity index (χ4v) is 3.52. The Bertz CT molecular complexity index is 866. The van der Waals surface area contributed by atoms with Crippen LogP contribution in [0.25, 0.3) is 0 Å². The van der Waals surface area contributed by atoms with Gasteiger partial charge in [-0.1, -0.05) is 38.1 Å². The molecule has 2 aromatic carbocycles. The summed E-state index contributed by atoms with van der Waals surface area (Å²) >= 11 is 0. The van der Waals surface area contributed by atoms with E-state index in [1.807, 2.05) is 32.0 Å². The van der Waals surface area contributed by atoms with Gasteiger partial charge in [-0.3, -0.25) is 4.79 Å². The van der Waals surface area contributed by atoms with Crippen molar-refractivity contribution in [3.05, 3.63) is 59.9 Å². The summed E-state index contributed by atoms with van der Waals surface area (Å²) in [6.07, 6.45) is 0. The first-order chi connectivity index (χ1) is 11.7. The molecule has 2 N–H and O–H groups in total. The molecule has 0 aromatic heterocycles. The number of rotatable bonds is 6. The maximum absolute atomic E-state index is 13.7. The first-order valence-corrected chi connectivity index (χ1v) is 9.36. The van der Waals surface area contributed by atoms with Crippen LogP contribution in [-0.4, -0.2) is 20.4 Å². The number of carbonyl (C=O) groups is 1. The second kappa shape index (κ2) is 7.76. The molecular formula is C18H21FN2O3S. The lowest BCUT2D eigenvalue weighted by molar-refractivity contribution is -0.117. The Labute approximate surface area is 147 Å². The van der Waals surface area contributed by atoms with Crippen molar-refractivity contribution in [2.75, 3.05) is 5.32 Å². The van der Waals surface area contributed by atoms with Gasteiger partial charge in [0.1, 0.15) is 10.7 Å². The Kier molecular flexibility index (Phi) is 5.92. The van der Waals surface area contributed by atoms with Crippen LogP contribution in [0.15, 0.2) is 53.4 Å². The largest absolute Gasteiger partial charge is 0.325 e. The highest BCUT2D eigenvalue weighted by Gasteiger charge is 2.24. The molecule has 25 heavy (non-hydrogen) atoms. The van der Waals surface area contributed by atoms with E-state index in [9.17, 15) is 17.6 Å². The summed E-state index contributed by atoms with van der Waals surface area (Å²) in [5, 5.41) is 2.67. The van der Waals surface area contributed by atoms with Crippen LogP contribution in [0, 0.1) is 5.82 Å². The summed E-state index contributed by atoms with van der Waals surface area (Å²) in [4.78, 5) is 11.8. The highest BCUT2D eigenvalue weighted by molar-refractivity contribution is 7.89. The molecule has 0 aliphatic carbocycles. The average Bonchev–Trinajstić information content (AvgIpc) is 2.54. The molecule has 0 aliphatic heterocycles. The minimum atomic E-state index is -4.13. The number of nitrogens with one attached hydrogen (secondary N) is 2. The molecule has 0 saturated heterocycles. The molecule has 5 nitrogen and oxygen atoms in total. The van der Waals surface area contributed by atoms with Crippen LogP contribution in [0.2, 0.25) is 0 Å². The molecule has 0 unspecified atom stereocenters. The van der Waals surface area contributed by atoms with Gasteiger partial charge in [-0.15, -0.1) is 0 Å². The maximum atomic E-state index is 13.7. The van der Waals surface area contributed by atoms with E-state index in [2.05, 4.69) is 10.0 Å². The third-order valence-electron chi connectivity index (χ3n) is 3.67. The summed E-state index contributed by atoms with van der Waals surface area (Å²) in [7, 11) is -4.13. The van der Waals surface area contributed by atoms with E-state index in [0.717, 1.165) is 17.7 Å². The highest BCUT2D eigenvalue weighted by Crippen LogP contribution is 2.19. The molecule has 2 aromatic rings. The van der Waals surface area contributed by atoms with Crippen LogP contribution >= 0.6 is 0 Å². The van der Waals surface area contributed by atoms with Crippen molar-refractivity contribution in [3.63, 3.8) is 0 Å². The van der Waals surface area contributed by atoms with Gasteiger partial charge in [-0.25, -0.2) is 12.8 Å². The van der Waals surface area contributed by atoms with Gasteiger partial charge in [0, 0.05) is 5.69 Å². The smallest absolute Gasteiger partial charge is 0.244 e. The van der Waals surface area contributed by atoms with Crippen LogP contribution in [0.5, 0.6) is 0 Å². The lowest BCUT2D eigenvalue weighted by atomic mass is 10.0. The molecule has 1 atom stereocenters. The Balaban J connectivity index is 2.10. The summed E-state index contributed by atoms with van der Waals surface area (Å²) in [6.45, 7) is 5.47. The maximum Gasteiger partial charge on any atom is 0.244 e. The van der Waals surface area contributed by atoms with E-state index in [0.29, 0.717) is 11.6 Å². The number of anilines is 1. The Morgan fingerprint density at radius 3 is 2.36 bits per heavy atom. The van der Waals surface area contributed by atoms with Crippen molar-refractivity contribution >= 4 is 21.6 Å². The molecule has 2 rings (SSSR count). The fourth-order valence-electron chi connectivity index (χ4n) is 2.24. The minimum Gasteiger partial charge on any atom is -0.325 e. The molecule has 134 valence electrons. The molecule has 1 amide bonds. The van der Waals surface area contributed by atoms with Crippen molar-refractivity contribution in [1.29, 1.82) is 0 Å². The zero-order chi connectivity index (χ0) is 18.6. The molecule has 0 bridgehead atoms. The second-order valence-electron chi connectivity index (χ2n) is 6.04. The van der Waals surface area contributed by atoms with Gasteiger partial charge >= 0.3 is 0 Å². The fraction of sp³-hybridized carbons (Fsp3) is 0.278. The van der Waals surface area contributed by atoms with Crippen LogP contribution in [0.3, 0.4) is 0 Å². The van der Waals surface area contributed by atoms with Gasteiger partial charge < -0.3 is 5.32 Å². The van der Waals surface area contributed by atoms with Gasteiger partial charge in [0.25, 0.3) is 0 Å². The van der Waals surface area contributed by atoms with Crippen LogP contribution in [-0.2, 0) is 14.8 Å². The summed E-state index contributed by atoms with van der Waals surface area (Å²) in [6, 6.07) is 11.3. The molecule has 0 spiro atoms. The van der Waals surface area contributed by atoms with E-state index in [4.69, 9.17) is 0 Å². The monoisotopic (exact) mass is 364 g/mol. The van der Waals surface area contributed by atoms with Gasteiger partial charge in [0.2, 0.25) is 15.9 Å². The minimum absolute atomic E-state index is 0.300. The SMILES string of the molecule is CC(C)c1cccc(NC(=O)[C@@H](C)NS(=O)(=O)c2ccccc2F)c1. The summed E-state index contributed by atoms with van der Waals surface area (Å²) < 4.78 is 40.3. The zero-order valence-corrected chi connectivity index (χ0v) is 15.1. The van der Waals surface area contributed by atoms with Crippen LogP contribution in [0.1, 0.15) is 32.3 Å². The molecule has 0 radical (unpaired) electrons. The third-order valence-corrected chi connectivity index (χ3v) is 5.25. The average molecular weight is 364 g/mol. The number of hydrogen-bond donors (Lipinski definition) is 2. The predicted octanol–water partition coefficient (Wildman–Crippen LogP) is 3.25. The summed E-state index contributed by atoms with van der Waals surface area (Å²) in [5.74, 6) is -1.10. The number of amides is 1. The summed E-state index contributed by atoms with van der Waals surface area (Å²) in [5.41, 5.74) is 1.63. The van der Waals surface area contributed by atoms with Crippen molar-refractivity contribution in [2.45, 2.75) is 37.6 Å². The first-order valence-electron chi connectivity index (χ1n) is 7.88. The second-order valence-corrected chi connectivity index (χ2v) is 7.73. The van der Waals surface area contributed by atoms with Crippen LogP contribution < -0.4 is 10.0 Å². The van der Waals surface area contributed by atoms with E-state index in [1.165, 1.54) is 19.1 Å². The number of carbonyl (C=O) groups excluding carboxylic acids is 1. The van der Waals surface area contributed by atoms with Gasteiger partial charge in [0.05, 0.1) is 6.04 Å². The Morgan fingerprint density at radius 2 is 1.72 bits per heavy atom. The van der Waals surface area contributed by atoms with E-state index < -0.39 is 32.7 Å². The molecule has 0 heterocycles. The molecule has 0 saturated carbocycles. The molecular weight excluding hydrogens is 343 g/mol. The lowest BCUT2D eigenvalue weighted by Crippen LogP contribution is -2.41. The van der Waals surface area contributed by atoms with E-state index in [1.54, 1.807) is 6.07 Å². The third kappa shape index (κ3) is 4.87. The normalized spacial score (nSPS) is 12.8. The number of halogens is 1. The Morgan fingerprint density at radius 1 is 1.04 bits per heavy atom. The van der Waals surface area contributed by atoms with E-state index >= 15 is 0 Å². The standard InChI is InChI=1S/C18H21FN2O3S/c1-12(2)14-7-6-8-15(11-14)20-18(22)13(3)21-25(23,24)17-10-5-4-9-16(17)19/h4-13,21H,1-3H3,(H,20,22)/t13-/m1/s1. The van der Waals surface area contributed by atoms with Gasteiger partial charge in [-0.2, -0.15) is 4.72 Å². The predicted molar refractivity (Wildman–Crippen MR) is 95.3 cm³/mol. The van der Waals surface area contributed by atoms with E-state index in [-0.39, 0.29) is 0 Å². The topological polar surface area (TPSA) is 75.3 Å². The lowest BCUT2D eigenvalue weighted by Gasteiger charge is -2.15. The molecule has 0 fully saturated rings. The van der Waals surface area contributed by atoms with Crippen molar-refractivity contribution in [2.24, 2.45) is 0 Å². The van der Waals surface area contributed by atoms with Gasteiger partial charge in [0.15, 0.2) is 0 Å².